The van der Waals surface area contributed by atoms with Gasteiger partial charge in [-0.3, -0.25) is 4.99 Å². The van der Waals surface area contributed by atoms with Gasteiger partial charge in [0.1, 0.15) is 11.4 Å². The molecule has 0 saturated heterocycles. The number of benzene rings is 2. The summed E-state index contributed by atoms with van der Waals surface area (Å²) in [7, 11) is 0. The molecule has 0 radical (unpaired) electrons. The van der Waals surface area contributed by atoms with Crippen molar-refractivity contribution in [2.75, 3.05) is 0 Å². The molecule has 0 aliphatic heterocycles. The number of nitrogens with zero attached hydrogens (tertiary/aromatic N) is 1. The van der Waals surface area contributed by atoms with E-state index in [9.17, 15) is 5.11 Å². The monoisotopic (exact) mass is 351 g/mol. The summed E-state index contributed by atoms with van der Waals surface area (Å²) in [6.45, 7) is 19.2. The van der Waals surface area contributed by atoms with Crippen LogP contribution in [0.4, 0.5) is 5.69 Å². The maximum Gasteiger partial charge on any atom is 0.144 e. The molecule has 0 aliphatic rings. The largest absolute Gasteiger partial charge is 0.505 e. The molecule has 2 rings (SSSR count). The Labute approximate surface area is 159 Å². The molecule has 2 nitrogen and oxygen atoms in total. The van der Waals surface area contributed by atoms with E-state index in [0.717, 1.165) is 11.1 Å². The molecule has 0 fully saturated rings. The molecule has 0 bridgehead atoms. The molecule has 0 aromatic heterocycles. The summed E-state index contributed by atoms with van der Waals surface area (Å²) >= 11 is 0. The first kappa shape index (κ1) is 20.2. The molecule has 0 saturated carbocycles. The van der Waals surface area contributed by atoms with Crippen molar-refractivity contribution in [1.29, 1.82) is 0 Å². The minimum atomic E-state index is -0.148. The standard InChI is InChI=1S/C24H33NO/c1-15-10-16(2)19(17(3)11-15)14-25-21-13-18(23(4,5)6)12-20(22(21)26)24(7,8)9/h10-14,26H,1-9H3. The number of aromatic hydroxyl groups is 1. The predicted molar refractivity (Wildman–Crippen MR) is 113 cm³/mol. The number of aryl methyl sites for hydroxylation is 3. The zero-order valence-corrected chi connectivity index (χ0v) is 17.8. The lowest BCUT2D eigenvalue weighted by atomic mass is 9.80. The third kappa shape index (κ3) is 4.35. The molecule has 0 atom stereocenters. The van der Waals surface area contributed by atoms with Crippen molar-refractivity contribution < 1.29 is 5.11 Å². The van der Waals surface area contributed by atoms with Crippen molar-refractivity contribution in [3.63, 3.8) is 0 Å². The summed E-state index contributed by atoms with van der Waals surface area (Å²) in [4.78, 5) is 4.70. The fraction of sp³-hybridized carbons (Fsp3) is 0.458. The number of hydrogen-bond donors (Lipinski definition) is 1. The summed E-state index contributed by atoms with van der Waals surface area (Å²) in [5.41, 5.74) is 7.39. The normalized spacial score (nSPS) is 12.8. The predicted octanol–water partition coefficient (Wildman–Crippen LogP) is 6.66. The van der Waals surface area contributed by atoms with Gasteiger partial charge in [-0.25, -0.2) is 0 Å². The van der Waals surface area contributed by atoms with E-state index in [-0.39, 0.29) is 16.6 Å². The third-order valence-electron chi connectivity index (χ3n) is 4.83. The number of rotatable bonds is 2. The van der Waals surface area contributed by atoms with Crippen LogP contribution >= 0.6 is 0 Å². The number of aliphatic imine (C=N–C) groups is 1. The molecule has 140 valence electrons. The highest BCUT2D eigenvalue weighted by atomic mass is 16.3. The summed E-state index contributed by atoms with van der Waals surface area (Å²) in [5.74, 6) is 0.282. The molecule has 0 spiro atoms. The first-order valence-electron chi connectivity index (χ1n) is 9.30. The molecule has 0 aliphatic carbocycles. The van der Waals surface area contributed by atoms with Gasteiger partial charge >= 0.3 is 0 Å². The van der Waals surface area contributed by atoms with Crippen LogP contribution in [0, 0.1) is 20.8 Å². The van der Waals surface area contributed by atoms with E-state index in [0.29, 0.717) is 5.69 Å². The summed E-state index contributed by atoms with van der Waals surface area (Å²) in [6, 6.07) is 8.47. The van der Waals surface area contributed by atoms with Gasteiger partial charge in [-0.15, -0.1) is 0 Å². The molecule has 26 heavy (non-hydrogen) atoms. The Hall–Kier alpha value is -2.09. The second kappa shape index (κ2) is 6.90. The molecule has 2 aromatic carbocycles. The Morgan fingerprint density at radius 3 is 1.81 bits per heavy atom. The summed E-state index contributed by atoms with van der Waals surface area (Å²) in [6.07, 6.45) is 1.89. The molecular formula is C24H33NO. The van der Waals surface area contributed by atoms with Gasteiger partial charge in [-0.05, 0) is 59.9 Å². The van der Waals surface area contributed by atoms with E-state index in [2.05, 4.69) is 80.5 Å². The topological polar surface area (TPSA) is 32.6 Å². The van der Waals surface area contributed by atoms with Crippen molar-refractivity contribution in [2.24, 2.45) is 4.99 Å². The SMILES string of the molecule is Cc1cc(C)c(C=Nc2cc(C(C)(C)C)cc(C(C)(C)C)c2O)c(C)c1. The molecule has 1 N–H and O–H groups in total. The Morgan fingerprint density at radius 2 is 1.35 bits per heavy atom. The second-order valence-electron chi connectivity index (χ2n) is 9.46. The van der Waals surface area contributed by atoms with E-state index in [1.807, 2.05) is 12.3 Å². The van der Waals surface area contributed by atoms with Crippen molar-refractivity contribution in [3.8, 4) is 5.75 Å². The van der Waals surface area contributed by atoms with Crippen molar-refractivity contribution >= 4 is 11.9 Å². The highest BCUT2D eigenvalue weighted by Gasteiger charge is 2.24. The van der Waals surface area contributed by atoms with Crippen molar-refractivity contribution in [2.45, 2.75) is 73.1 Å². The molecule has 0 amide bonds. The van der Waals surface area contributed by atoms with Crippen LogP contribution in [-0.4, -0.2) is 11.3 Å². The Morgan fingerprint density at radius 1 is 0.808 bits per heavy atom. The fourth-order valence-electron chi connectivity index (χ4n) is 3.25. The lowest BCUT2D eigenvalue weighted by Gasteiger charge is -2.26. The van der Waals surface area contributed by atoms with Gasteiger partial charge in [-0.1, -0.05) is 65.3 Å². The molecule has 2 aromatic rings. The summed E-state index contributed by atoms with van der Waals surface area (Å²) in [5, 5.41) is 10.9. The Balaban J connectivity index is 2.63. The van der Waals surface area contributed by atoms with Gasteiger partial charge in [-0.2, -0.15) is 0 Å². The first-order chi connectivity index (χ1) is 11.8. The summed E-state index contributed by atoms with van der Waals surface area (Å²) < 4.78 is 0. The highest BCUT2D eigenvalue weighted by molar-refractivity contribution is 5.86. The van der Waals surface area contributed by atoms with E-state index >= 15 is 0 Å². The molecule has 0 heterocycles. The zero-order valence-electron chi connectivity index (χ0n) is 17.8. The van der Waals surface area contributed by atoms with Crippen LogP contribution in [0.1, 0.15) is 74.9 Å². The van der Waals surface area contributed by atoms with Gasteiger partial charge in [0.05, 0.1) is 0 Å². The Bertz CT molecular complexity index is 823. The van der Waals surface area contributed by atoms with E-state index in [1.165, 1.54) is 22.3 Å². The van der Waals surface area contributed by atoms with Gasteiger partial charge in [0.2, 0.25) is 0 Å². The lowest BCUT2D eigenvalue weighted by molar-refractivity contribution is 0.446. The van der Waals surface area contributed by atoms with Crippen molar-refractivity contribution in [1.82, 2.24) is 0 Å². The highest BCUT2D eigenvalue weighted by Crippen LogP contribution is 2.41. The number of phenols is 1. The zero-order chi connectivity index (χ0) is 19.9. The Kier molecular flexibility index (Phi) is 5.37. The fourth-order valence-corrected chi connectivity index (χ4v) is 3.25. The van der Waals surface area contributed by atoms with Gasteiger partial charge < -0.3 is 5.11 Å². The number of phenolic OH excluding ortho intramolecular Hbond substituents is 1. The van der Waals surface area contributed by atoms with E-state index < -0.39 is 0 Å². The molecule has 0 unspecified atom stereocenters. The lowest BCUT2D eigenvalue weighted by Crippen LogP contribution is -2.16. The maximum atomic E-state index is 10.9. The third-order valence-corrected chi connectivity index (χ3v) is 4.83. The smallest absolute Gasteiger partial charge is 0.144 e. The van der Waals surface area contributed by atoms with Crippen molar-refractivity contribution in [3.05, 3.63) is 57.6 Å². The van der Waals surface area contributed by atoms with Crippen LogP contribution in [-0.2, 0) is 10.8 Å². The number of hydrogen-bond acceptors (Lipinski definition) is 2. The second-order valence-corrected chi connectivity index (χ2v) is 9.46. The van der Waals surface area contributed by atoms with Crippen LogP contribution in [0.2, 0.25) is 0 Å². The van der Waals surface area contributed by atoms with Gasteiger partial charge in [0.25, 0.3) is 0 Å². The first-order valence-corrected chi connectivity index (χ1v) is 9.30. The quantitative estimate of drug-likeness (QED) is 0.603. The van der Waals surface area contributed by atoms with Crippen LogP contribution in [0.25, 0.3) is 0 Å². The molecular weight excluding hydrogens is 318 g/mol. The maximum absolute atomic E-state index is 10.9. The minimum absolute atomic E-state index is 0.00629. The van der Waals surface area contributed by atoms with Crippen LogP contribution in [0.3, 0.4) is 0 Å². The van der Waals surface area contributed by atoms with E-state index in [4.69, 9.17) is 4.99 Å². The van der Waals surface area contributed by atoms with Gasteiger partial charge in [0, 0.05) is 11.8 Å². The average Bonchev–Trinajstić information content (AvgIpc) is 2.45. The minimum Gasteiger partial charge on any atom is -0.505 e. The van der Waals surface area contributed by atoms with E-state index in [1.54, 1.807) is 0 Å². The van der Waals surface area contributed by atoms with Crippen LogP contribution < -0.4 is 0 Å². The van der Waals surface area contributed by atoms with Crippen LogP contribution in [0.15, 0.2) is 29.3 Å². The average molecular weight is 352 g/mol. The van der Waals surface area contributed by atoms with Gasteiger partial charge in [0.15, 0.2) is 0 Å². The van der Waals surface area contributed by atoms with Crippen LogP contribution in [0.5, 0.6) is 5.75 Å². The molecule has 2 heteroatoms.